The minimum absolute atomic E-state index is 0.0934. The van der Waals surface area contributed by atoms with E-state index in [0.29, 0.717) is 6.61 Å². The summed E-state index contributed by atoms with van der Waals surface area (Å²) in [5, 5.41) is 1.62. The SMILES string of the molecule is Cn1c(SCCOc2ccccc2)nc2sc3c(c2c1=O)CCCC3. The van der Waals surface area contributed by atoms with E-state index < -0.39 is 0 Å². The molecule has 0 saturated heterocycles. The van der Waals surface area contributed by atoms with Gasteiger partial charge in [-0.15, -0.1) is 11.3 Å². The Hall–Kier alpha value is -1.79. The van der Waals surface area contributed by atoms with Gasteiger partial charge in [-0.2, -0.15) is 0 Å². The molecule has 4 rings (SSSR count). The van der Waals surface area contributed by atoms with Gasteiger partial charge >= 0.3 is 0 Å². The van der Waals surface area contributed by atoms with Crippen LogP contribution in [-0.4, -0.2) is 21.9 Å². The predicted molar refractivity (Wildman–Crippen MR) is 104 cm³/mol. The number of fused-ring (bicyclic) bond motifs is 3. The number of rotatable bonds is 5. The van der Waals surface area contributed by atoms with E-state index in [1.807, 2.05) is 37.4 Å². The number of para-hydroxylation sites is 1. The number of ether oxygens (including phenoxy) is 1. The van der Waals surface area contributed by atoms with Crippen molar-refractivity contribution in [3.63, 3.8) is 0 Å². The molecule has 3 aromatic rings. The molecule has 0 saturated carbocycles. The standard InChI is InChI=1S/C19H20N2O2S2/c1-21-18(22)16-14-9-5-6-10-15(14)25-17(16)20-19(21)24-12-11-23-13-7-3-2-4-8-13/h2-4,7-8H,5-6,9-12H2,1H3. The van der Waals surface area contributed by atoms with Crippen molar-refractivity contribution in [1.82, 2.24) is 9.55 Å². The van der Waals surface area contributed by atoms with Gasteiger partial charge in [-0.25, -0.2) is 4.98 Å². The van der Waals surface area contributed by atoms with Crippen LogP contribution in [-0.2, 0) is 19.9 Å². The Morgan fingerprint density at radius 1 is 1.24 bits per heavy atom. The van der Waals surface area contributed by atoms with E-state index in [1.54, 1.807) is 27.7 Å². The molecule has 1 aromatic carbocycles. The van der Waals surface area contributed by atoms with Gasteiger partial charge in [0.05, 0.1) is 12.0 Å². The zero-order chi connectivity index (χ0) is 17.2. The lowest BCUT2D eigenvalue weighted by molar-refractivity contribution is 0.344. The maximum Gasteiger partial charge on any atom is 0.262 e. The van der Waals surface area contributed by atoms with Crippen LogP contribution < -0.4 is 10.3 Å². The average molecular weight is 373 g/mol. The lowest BCUT2D eigenvalue weighted by atomic mass is 9.97. The Morgan fingerprint density at radius 2 is 2.04 bits per heavy atom. The van der Waals surface area contributed by atoms with Crippen LogP contribution >= 0.6 is 23.1 Å². The number of benzene rings is 1. The molecule has 6 heteroatoms. The minimum Gasteiger partial charge on any atom is -0.493 e. The summed E-state index contributed by atoms with van der Waals surface area (Å²) in [4.78, 5) is 19.9. The van der Waals surface area contributed by atoms with Crippen molar-refractivity contribution < 1.29 is 4.74 Å². The minimum atomic E-state index is 0.0934. The number of aromatic nitrogens is 2. The van der Waals surface area contributed by atoms with Crippen LogP contribution in [0.2, 0.25) is 0 Å². The van der Waals surface area contributed by atoms with Gasteiger partial charge in [0, 0.05) is 17.7 Å². The second kappa shape index (κ2) is 7.22. The number of thiophene rings is 1. The van der Waals surface area contributed by atoms with Gasteiger partial charge in [0.15, 0.2) is 5.16 Å². The summed E-state index contributed by atoms with van der Waals surface area (Å²) >= 11 is 3.28. The van der Waals surface area contributed by atoms with E-state index in [-0.39, 0.29) is 5.56 Å². The molecule has 2 heterocycles. The molecule has 0 radical (unpaired) electrons. The summed E-state index contributed by atoms with van der Waals surface area (Å²) in [6, 6.07) is 9.78. The van der Waals surface area contributed by atoms with Crippen LogP contribution in [0.3, 0.4) is 0 Å². The smallest absolute Gasteiger partial charge is 0.262 e. The predicted octanol–water partition coefficient (Wildman–Crippen LogP) is 4.04. The molecule has 0 spiro atoms. The highest BCUT2D eigenvalue weighted by Crippen LogP contribution is 2.34. The summed E-state index contributed by atoms with van der Waals surface area (Å²) in [6.07, 6.45) is 4.50. The van der Waals surface area contributed by atoms with Crippen LogP contribution in [0, 0.1) is 0 Å². The second-order valence-electron chi connectivity index (χ2n) is 6.16. The molecule has 0 atom stereocenters. The zero-order valence-electron chi connectivity index (χ0n) is 14.2. The van der Waals surface area contributed by atoms with E-state index >= 15 is 0 Å². The van der Waals surface area contributed by atoms with Gasteiger partial charge in [0.25, 0.3) is 5.56 Å². The van der Waals surface area contributed by atoms with Gasteiger partial charge < -0.3 is 4.74 Å². The third-order valence-corrected chi connectivity index (χ3v) is 6.66. The number of hydrogen-bond acceptors (Lipinski definition) is 5. The third-order valence-electron chi connectivity index (χ3n) is 4.48. The molecule has 0 aliphatic heterocycles. The Balaban J connectivity index is 1.52. The summed E-state index contributed by atoms with van der Waals surface area (Å²) in [7, 11) is 1.82. The number of nitrogens with zero attached hydrogens (tertiary/aromatic N) is 2. The molecule has 25 heavy (non-hydrogen) atoms. The van der Waals surface area contributed by atoms with Gasteiger partial charge in [0.2, 0.25) is 0 Å². The highest BCUT2D eigenvalue weighted by atomic mass is 32.2. The van der Waals surface area contributed by atoms with Crippen LogP contribution in [0.15, 0.2) is 40.3 Å². The van der Waals surface area contributed by atoms with Crippen molar-refractivity contribution in [3.05, 3.63) is 51.1 Å². The molecule has 130 valence electrons. The molecule has 1 aliphatic rings. The van der Waals surface area contributed by atoms with E-state index in [9.17, 15) is 4.79 Å². The normalized spacial score (nSPS) is 13.8. The van der Waals surface area contributed by atoms with E-state index in [1.165, 1.54) is 23.3 Å². The first-order chi connectivity index (χ1) is 12.2. The molecule has 2 aromatic heterocycles. The molecule has 0 bridgehead atoms. The lowest BCUT2D eigenvalue weighted by Crippen LogP contribution is -2.21. The van der Waals surface area contributed by atoms with Crippen LogP contribution in [0.1, 0.15) is 23.3 Å². The summed E-state index contributed by atoms with van der Waals surface area (Å²) in [5.74, 6) is 1.62. The summed E-state index contributed by atoms with van der Waals surface area (Å²) in [5.41, 5.74) is 1.35. The Kier molecular flexibility index (Phi) is 4.81. The van der Waals surface area contributed by atoms with Crippen LogP contribution in [0.4, 0.5) is 0 Å². The monoisotopic (exact) mass is 372 g/mol. The summed E-state index contributed by atoms with van der Waals surface area (Å²) in [6.45, 7) is 0.587. The maximum absolute atomic E-state index is 12.8. The highest BCUT2D eigenvalue weighted by Gasteiger charge is 2.21. The van der Waals surface area contributed by atoms with Crippen molar-refractivity contribution >= 4 is 33.3 Å². The van der Waals surface area contributed by atoms with Crippen molar-refractivity contribution in [3.8, 4) is 5.75 Å². The first kappa shape index (κ1) is 16.7. The number of hydrogen-bond donors (Lipinski definition) is 0. The lowest BCUT2D eigenvalue weighted by Gasteiger charge is -2.11. The molecule has 0 fully saturated rings. The molecular weight excluding hydrogens is 352 g/mol. The van der Waals surface area contributed by atoms with Crippen LogP contribution in [0.5, 0.6) is 5.75 Å². The number of thioether (sulfide) groups is 1. The highest BCUT2D eigenvalue weighted by molar-refractivity contribution is 7.99. The first-order valence-electron chi connectivity index (χ1n) is 8.56. The average Bonchev–Trinajstić information content (AvgIpc) is 3.02. The second-order valence-corrected chi connectivity index (χ2v) is 8.31. The molecule has 0 unspecified atom stereocenters. The van der Waals surface area contributed by atoms with Gasteiger partial charge in [-0.3, -0.25) is 9.36 Å². The molecule has 4 nitrogen and oxygen atoms in total. The zero-order valence-corrected chi connectivity index (χ0v) is 15.8. The van der Waals surface area contributed by atoms with Gasteiger partial charge in [-0.1, -0.05) is 30.0 Å². The number of aryl methyl sites for hydroxylation is 2. The van der Waals surface area contributed by atoms with E-state index in [2.05, 4.69) is 0 Å². The summed E-state index contributed by atoms with van der Waals surface area (Å²) < 4.78 is 7.41. The fraction of sp³-hybridized carbons (Fsp3) is 0.368. The molecule has 0 amide bonds. The molecule has 0 N–H and O–H groups in total. The van der Waals surface area contributed by atoms with Crippen molar-refractivity contribution in [2.75, 3.05) is 12.4 Å². The Labute approximate surface area is 154 Å². The quantitative estimate of drug-likeness (QED) is 0.385. The third kappa shape index (κ3) is 3.33. The molecular formula is C19H20N2O2S2. The molecule has 1 aliphatic carbocycles. The Morgan fingerprint density at radius 3 is 2.88 bits per heavy atom. The van der Waals surface area contributed by atoms with Crippen molar-refractivity contribution in [2.24, 2.45) is 7.05 Å². The van der Waals surface area contributed by atoms with Crippen molar-refractivity contribution in [2.45, 2.75) is 30.8 Å². The van der Waals surface area contributed by atoms with E-state index in [0.717, 1.165) is 39.7 Å². The first-order valence-corrected chi connectivity index (χ1v) is 10.4. The largest absolute Gasteiger partial charge is 0.493 e. The fourth-order valence-corrected chi connectivity index (χ4v) is 5.30. The van der Waals surface area contributed by atoms with Crippen molar-refractivity contribution in [1.29, 1.82) is 0 Å². The van der Waals surface area contributed by atoms with E-state index in [4.69, 9.17) is 9.72 Å². The van der Waals surface area contributed by atoms with Gasteiger partial charge in [-0.05, 0) is 43.4 Å². The topological polar surface area (TPSA) is 44.1 Å². The van der Waals surface area contributed by atoms with Gasteiger partial charge in [0.1, 0.15) is 10.6 Å². The van der Waals surface area contributed by atoms with Crippen LogP contribution in [0.25, 0.3) is 10.2 Å². The Bertz CT molecular complexity index is 947. The maximum atomic E-state index is 12.8. The fourth-order valence-electron chi connectivity index (χ4n) is 3.21.